The predicted molar refractivity (Wildman–Crippen MR) is 142 cm³/mol. The van der Waals surface area contributed by atoms with Gasteiger partial charge in [-0.1, -0.05) is 124 Å². The third-order valence-corrected chi connectivity index (χ3v) is 7.10. The van der Waals surface area contributed by atoms with Crippen LogP contribution in [0.5, 0.6) is 0 Å². The summed E-state index contributed by atoms with van der Waals surface area (Å²) < 4.78 is 5.18. The number of imidazole rings is 1. The fraction of sp³-hybridized carbons (Fsp3) is 0.900. The van der Waals surface area contributed by atoms with Crippen molar-refractivity contribution in [2.75, 3.05) is 0 Å². The molecule has 0 aliphatic carbocycles. The molecule has 1 aromatic heterocycles. The molecule has 0 atom stereocenters. The second-order valence-corrected chi connectivity index (χ2v) is 10.2. The van der Waals surface area contributed by atoms with Crippen molar-refractivity contribution in [3.8, 4) is 0 Å². The van der Waals surface area contributed by atoms with E-state index >= 15 is 0 Å². The van der Waals surface area contributed by atoms with Crippen LogP contribution in [0.25, 0.3) is 0 Å². The molecule has 32 heavy (non-hydrogen) atoms. The van der Waals surface area contributed by atoms with Gasteiger partial charge in [0.2, 0.25) is 0 Å². The molecule has 0 unspecified atom stereocenters. The maximum atomic E-state index is 2.59. The SMILES string of the molecule is CCCCCCCCCCCCCc1n(CCCCCCC)cc[n+]1CCCCCCC. The summed E-state index contributed by atoms with van der Waals surface area (Å²) in [6.07, 6.45) is 35.5. The topological polar surface area (TPSA) is 8.81 Å². The predicted octanol–water partition coefficient (Wildman–Crippen LogP) is 9.57. The van der Waals surface area contributed by atoms with E-state index < -0.39 is 0 Å². The van der Waals surface area contributed by atoms with Crippen molar-refractivity contribution in [1.29, 1.82) is 0 Å². The van der Waals surface area contributed by atoms with Crippen LogP contribution >= 0.6 is 0 Å². The summed E-state index contributed by atoms with van der Waals surface area (Å²) in [7, 11) is 0. The van der Waals surface area contributed by atoms with E-state index in [4.69, 9.17) is 0 Å². The van der Waals surface area contributed by atoms with Crippen LogP contribution in [0.2, 0.25) is 0 Å². The van der Waals surface area contributed by atoms with Gasteiger partial charge in [-0.15, -0.1) is 0 Å². The zero-order chi connectivity index (χ0) is 23.1. The third-order valence-electron chi connectivity index (χ3n) is 7.10. The number of hydrogen-bond donors (Lipinski definition) is 0. The van der Waals surface area contributed by atoms with Gasteiger partial charge >= 0.3 is 0 Å². The van der Waals surface area contributed by atoms with Crippen LogP contribution in [-0.2, 0) is 19.5 Å². The van der Waals surface area contributed by atoms with Crippen molar-refractivity contribution in [3.63, 3.8) is 0 Å². The summed E-state index contributed by atoms with van der Waals surface area (Å²) in [6, 6.07) is 0. The number of aryl methyl sites for hydroxylation is 2. The monoisotopic (exact) mass is 447 g/mol. The van der Waals surface area contributed by atoms with Crippen LogP contribution in [0.3, 0.4) is 0 Å². The lowest BCUT2D eigenvalue weighted by Crippen LogP contribution is -2.37. The average molecular weight is 448 g/mol. The Morgan fingerprint density at radius 1 is 0.531 bits per heavy atom. The van der Waals surface area contributed by atoms with E-state index in [0.717, 1.165) is 0 Å². The second-order valence-electron chi connectivity index (χ2n) is 10.2. The van der Waals surface area contributed by atoms with E-state index in [1.165, 1.54) is 154 Å². The van der Waals surface area contributed by atoms with E-state index in [9.17, 15) is 0 Å². The molecule has 0 aliphatic rings. The fourth-order valence-corrected chi connectivity index (χ4v) is 4.91. The van der Waals surface area contributed by atoms with Crippen LogP contribution < -0.4 is 4.57 Å². The van der Waals surface area contributed by atoms with Gasteiger partial charge in [-0.25, -0.2) is 9.13 Å². The molecule has 188 valence electrons. The number of nitrogens with zero attached hydrogens (tertiary/aromatic N) is 2. The van der Waals surface area contributed by atoms with Gasteiger partial charge in [0.1, 0.15) is 12.4 Å². The molecule has 0 radical (unpaired) electrons. The molecule has 0 aliphatic heterocycles. The largest absolute Gasteiger partial charge is 0.256 e. The summed E-state index contributed by atoms with van der Waals surface area (Å²) in [5, 5.41) is 0. The van der Waals surface area contributed by atoms with E-state index in [-0.39, 0.29) is 0 Å². The van der Waals surface area contributed by atoms with Crippen molar-refractivity contribution in [3.05, 3.63) is 18.2 Å². The van der Waals surface area contributed by atoms with Crippen molar-refractivity contribution < 1.29 is 4.57 Å². The Morgan fingerprint density at radius 2 is 0.969 bits per heavy atom. The quantitative estimate of drug-likeness (QED) is 0.110. The molecule has 2 nitrogen and oxygen atoms in total. The molecular formula is C30H59N2+. The Balaban J connectivity index is 2.31. The van der Waals surface area contributed by atoms with Gasteiger partial charge in [0.15, 0.2) is 0 Å². The highest BCUT2D eigenvalue weighted by atomic mass is 15.1. The van der Waals surface area contributed by atoms with Gasteiger partial charge in [-0.2, -0.15) is 0 Å². The molecule has 0 aromatic carbocycles. The first-order valence-electron chi connectivity index (χ1n) is 14.9. The lowest BCUT2D eigenvalue weighted by atomic mass is 10.1. The molecule has 1 heterocycles. The number of aromatic nitrogens is 2. The maximum absolute atomic E-state index is 2.59. The van der Waals surface area contributed by atoms with Gasteiger partial charge in [-0.3, -0.25) is 0 Å². The van der Waals surface area contributed by atoms with Crippen molar-refractivity contribution >= 4 is 0 Å². The molecule has 0 bridgehead atoms. The minimum Gasteiger partial charge on any atom is -0.234 e. The first kappa shape index (κ1) is 29.2. The fourth-order valence-electron chi connectivity index (χ4n) is 4.91. The molecule has 2 heteroatoms. The van der Waals surface area contributed by atoms with Crippen LogP contribution in [0.4, 0.5) is 0 Å². The summed E-state index contributed by atoms with van der Waals surface area (Å²) in [6.45, 7) is 9.36. The van der Waals surface area contributed by atoms with Crippen molar-refractivity contribution in [2.24, 2.45) is 0 Å². The summed E-state index contributed by atoms with van der Waals surface area (Å²) >= 11 is 0. The molecule has 1 rings (SSSR count). The summed E-state index contributed by atoms with van der Waals surface area (Å²) in [5.74, 6) is 1.60. The molecule has 0 saturated heterocycles. The smallest absolute Gasteiger partial charge is 0.234 e. The van der Waals surface area contributed by atoms with Gasteiger partial charge < -0.3 is 0 Å². The van der Waals surface area contributed by atoms with E-state index in [1.54, 1.807) is 5.82 Å². The molecular weight excluding hydrogens is 388 g/mol. The Hall–Kier alpha value is -0.790. The van der Waals surface area contributed by atoms with Gasteiger partial charge in [0.25, 0.3) is 5.82 Å². The first-order chi connectivity index (χ1) is 15.8. The van der Waals surface area contributed by atoms with Crippen molar-refractivity contribution in [1.82, 2.24) is 4.57 Å². The van der Waals surface area contributed by atoms with Crippen molar-refractivity contribution in [2.45, 2.75) is 175 Å². The number of hydrogen-bond acceptors (Lipinski definition) is 0. The highest BCUT2D eigenvalue weighted by molar-refractivity contribution is 4.84. The maximum Gasteiger partial charge on any atom is 0.256 e. The Kier molecular flexibility index (Phi) is 20.1. The lowest BCUT2D eigenvalue weighted by molar-refractivity contribution is -0.704. The standard InChI is InChI=1S/C30H59N2/c1-4-7-10-13-14-15-16-17-18-19-22-25-30-31(26-23-20-11-8-5-2)28-29-32(30)27-24-21-12-9-6-3/h28-29H,4-27H2,1-3H3/q+1. The molecule has 0 saturated carbocycles. The lowest BCUT2D eigenvalue weighted by Gasteiger charge is -2.07. The van der Waals surface area contributed by atoms with Gasteiger partial charge in [-0.05, 0) is 32.1 Å². The Morgan fingerprint density at radius 3 is 1.50 bits per heavy atom. The highest BCUT2D eigenvalue weighted by Crippen LogP contribution is 2.13. The molecule has 0 fully saturated rings. The molecule has 0 spiro atoms. The van der Waals surface area contributed by atoms with E-state index in [1.807, 2.05) is 0 Å². The van der Waals surface area contributed by atoms with E-state index in [0.29, 0.717) is 0 Å². The van der Waals surface area contributed by atoms with Crippen LogP contribution in [0.15, 0.2) is 12.4 Å². The zero-order valence-electron chi connectivity index (χ0n) is 22.5. The first-order valence-corrected chi connectivity index (χ1v) is 14.9. The normalized spacial score (nSPS) is 11.5. The van der Waals surface area contributed by atoms with Crippen LogP contribution in [-0.4, -0.2) is 4.57 Å². The molecule has 0 N–H and O–H groups in total. The zero-order valence-corrected chi connectivity index (χ0v) is 22.5. The third kappa shape index (κ3) is 15.1. The molecule has 1 aromatic rings. The average Bonchev–Trinajstić information content (AvgIpc) is 3.18. The van der Waals surface area contributed by atoms with Crippen LogP contribution in [0, 0.1) is 0 Å². The Bertz CT molecular complexity index is 473. The Labute approximate surface area is 202 Å². The van der Waals surface area contributed by atoms with Gasteiger partial charge in [0, 0.05) is 6.42 Å². The van der Waals surface area contributed by atoms with Gasteiger partial charge in [0.05, 0.1) is 13.1 Å². The summed E-state index contributed by atoms with van der Waals surface area (Å²) in [5.41, 5.74) is 0. The minimum atomic E-state index is 1.22. The summed E-state index contributed by atoms with van der Waals surface area (Å²) in [4.78, 5) is 0. The van der Waals surface area contributed by atoms with E-state index in [2.05, 4.69) is 42.3 Å². The second kappa shape index (κ2) is 22.0. The number of rotatable bonds is 24. The number of unbranched alkanes of at least 4 members (excludes halogenated alkanes) is 18. The van der Waals surface area contributed by atoms with Crippen LogP contribution in [0.1, 0.15) is 161 Å². The molecule has 0 amide bonds. The minimum absolute atomic E-state index is 1.22. The highest BCUT2D eigenvalue weighted by Gasteiger charge is 2.16.